The Morgan fingerprint density at radius 1 is 1.12 bits per heavy atom. The summed E-state index contributed by atoms with van der Waals surface area (Å²) in [7, 11) is 0. The van der Waals surface area contributed by atoms with E-state index < -0.39 is 22.9 Å². The fraction of sp³-hybridized carbons (Fsp3) is 0.550. The SMILES string of the molecule is CC(C)[C@H]1[NH2+][C@@]2(C(=O)Nc3ccccc32)[C@@H]2C(=O)N(C(C)(C)C)C(=O)[C@H]12. The van der Waals surface area contributed by atoms with Gasteiger partial charge in [0.25, 0.3) is 5.91 Å². The van der Waals surface area contributed by atoms with E-state index in [1.165, 1.54) is 4.90 Å². The quantitative estimate of drug-likeness (QED) is 0.732. The van der Waals surface area contributed by atoms with E-state index in [1.54, 1.807) is 0 Å². The summed E-state index contributed by atoms with van der Waals surface area (Å²) in [5.74, 6) is -1.52. The molecule has 1 aromatic carbocycles. The van der Waals surface area contributed by atoms with Crippen LogP contribution in [0.15, 0.2) is 24.3 Å². The zero-order valence-corrected chi connectivity index (χ0v) is 15.9. The number of carbonyl (C=O) groups excluding carboxylic acids is 3. The maximum atomic E-state index is 13.4. The zero-order valence-electron chi connectivity index (χ0n) is 15.9. The van der Waals surface area contributed by atoms with Gasteiger partial charge in [-0.3, -0.25) is 19.3 Å². The summed E-state index contributed by atoms with van der Waals surface area (Å²) in [5.41, 5.74) is -0.0925. The van der Waals surface area contributed by atoms with Gasteiger partial charge in [0.2, 0.25) is 17.4 Å². The van der Waals surface area contributed by atoms with Crippen LogP contribution in [0.2, 0.25) is 0 Å². The second kappa shape index (κ2) is 5.16. The third-order valence-corrected chi connectivity index (χ3v) is 6.15. The van der Waals surface area contributed by atoms with Gasteiger partial charge in [-0.25, -0.2) is 0 Å². The molecule has 3 heterocycles. The topological polar surface area (TPSA) is 83.1 Å². The highest BCUT2D eigenvalue weighted by molar-refractivity contribution is 6.14. The number of nitrogens with one attached hydrogen (secondary N) is 1. The summed E-state index contributed by atoms with van der Waals surface area (Å²) in [6, 6.07) is 7.40. The molecule has 4 atom stereocenters. The number of carbonyl (C=O) groups is 3. The predicted octanol–water partition coefficient (Wildman–Crippen LogP) is 0.835. The average molecular weight is 356 g/mol. The molecule has 0 radical (unpaired) electrons. The van der Waals surface area contributed by atoms with Crippen LogP contribution in [0.4, 0.5) is 5.69 Å². The average Bonchev–Trinajstić information content (AvgIpc) is 3.12. The Kier molecular flexibility index (Phi) is 3.42. The predicted molar refractivity (Wildman–Crippen MR) is 95.9 cm³/mol. The summed E-state index contributed by atoms with van der Waals surface area (Å²) in [4.78, 5) is 41.2. The van der Waals surface area contributed by atoms with E-state index in [-0.39, 0.29) is 29.7 Å². The third kappa shape index (κ3) is 1.93. The van der Waals surface area contributed by atoms with Gasteiger partial charge in [0.1, 0.15) is 17.9 Å². The Morgan fingerprint density at radius 2 is 1.77 bits per heavy atom. The number of imide groups is 1. The highest BCUT2D eigenvalue weighted by atomic mass is 16.2. The standard InChI is InChI=1S/C20H25N3O3/c1-10(2)15-13-14(17(25)23(16(13)24)19(3,4)5)20(22-15)11-8-6-7-9-12(11)21-18(20)26/h6-10,13-15,22H,1-5H3,(H,21,26)/p+1/t13-,14-,15+,20+/m0/s1. The molecule has 3 aliphatic rings. The van der Waals surface area contributed by atoms with Gasteiger partial charge in [-0.2, -0.15) is 0 Å². The summed E-state index contributed by atoms with van der Waals surface area (Å²) in [5, 5.41) is 4.93. The van der Waals surface area contributed by atoms with E-state index in [9.17, 15) is 14.4 Å². The molecular weight excluding hydrogens is 330 g/mol. The highest BCUT2D eigenvalue weighted by Gasteiger charge is 2.75. The van der Waals surface area contributed by atoms with Crippen LogP contribution in [0.5, 0.6) is 0 Å². The minimum absolute atomic E-state index is 0.110. The molecular formula is C20H26N3O3+. The first-order chi connectivity index (χ1) is 12.1. The summed E-state index contributed by atoms with van der Waals surface area (Å²) in [6.07, 6.45) is 0. The number of hydrogen-bond donors (Lipinski definition) is 2. The van der Waals surface area contributed by atoms with E-state index in [2.05, 4.69) is 5.32 Å². The molecule has 3 aliphatic heterocycles. The van der Waals surface area contributed by atoms with Crippen LogP contribution in [0.1, 0.15) is 40.2 Å². The molecule has 1 aromatic rings. The molecule has 138 valence electrons. The molecule has 3 N–H and O–H groups in total. The Labute approximate surface area is 153 Å². The van der Waals surface area contributed by atoms with Crippen molar-refractivity contribution in [3.63, 3.8) is 0 Å². The number of anilines is 1. The molecule has 6 nitrogen and oxygen atoms in total. The number of rotatable bonds is 1. The molecule has 3 amide bonds. The van der Waals surface area contributed by atoms with Crippen molar-refractivity contribution >= 4 is 23.4 Å². The van der Waals surface area contributed by atoms with Crippen molar-refractivity contribution in [2.45, 2.75) is 51.7 Å². The smallest absolute Gasteiger partial charge is 0.291 e. The Bertz CT molecular complexity index is 826. The minimum atomic E-state index is -1.05. The van der Waals surface area contributed by atoms with Gasteiger partial charge in [-0.05, 0) is 26.8 Å². The molecule has 0 aliphatic carbocycles. The summed E-state index contributed by atoms with van der Waals surface area (Å²) in [6.45, 7) is 9.70. The van der Waals surface area contributed by atoms with Gasteiger partial charge in [0, 0.05) is 17.0 Å². The number of likely N-dealkylation sites (tertiary alicyclic amines) is 1. The van der Waals surface area contributed by atoms with E-state index in [4.69, 9.17) is 0 Å². The lowest BCUT2D eigenvalue weighted by Crippen LogP contribution is -2.99. The third-order valence-electron chi connectivity index (χ3n) is 6.15. The number of hydrogen-bond acceptors (Lipinski definition) is 3. The van der Waals surface area contributed by atoms with E-state index in [0.29, 0.717) is 0 Å². The molecule has 26 heavy (non-hydrogen) atoms. The van der Waals surface area contributed by atoms with Gasteiger partial charge >= 0.3 is 0 Å². The molecule has 0 bridgehead atoms. The largest absolute Gasteiger partial charge is 0.326 e. The van der Waals surface area contributed by atoms with Crippen LogP contribution in [-0.4, -0.2) is 34.2 Å². The summed E-state index contributed by atoms with van der Waals surface area (Å²) >= 11 is 0. The van der Waals surface area contributed by atoms with Crippen LogP contribution in [0.25, 0.3) is 0 Å². The number of nitrogens with zero attached hydrogens (tertiary/aromatic N) is 1. The van der Waals surface area contributed by atoms with Crippen LogP contribution in [-0.2, 0) is 19.9 Å². The monoisotopic (exact) mass is 356 g/mol. The minimum Gasteiger partial charge on any atom is -0.326 e. The molecule has 2 saturated heterocycles. The van der Waals surface area contributed by atoms with Crippen molar-refractivity contribution in [1.29, 1.82) is 0 Å². The molecule has 2 fully saturated rings. The normalized spacial score (nSPS) is 33.2. The van der Waals surface area contributed by atoms with Crippen molar-refractivity contribution in [2.24, 2.45) is 17.8 Å². The van der Waals surface area contributed by atoms with Crippen LogP contribution >= 0.6 is 0 Å². The van der Waals surface area contributed by atoms with Crippen molar-refractivity contribution in [1.82, 2.24) is 4.90 Å². The zero-order chi connectivity index (χ0) is 19.0. The maximum Gasteiger partial charge on any atom is 0.291 e. The fourth-order valence-corrected chi connectivity index (χ4v) is 5.11. The second-order valence-corrected chi connectivity index (χ2v) is 9.04. The van der Waals surface area contributed by atoms with Crippen molar-refractivity contribution in [3.8, 4) is 0 Å². The second-order valence-electron chi connectivity index (χ2n) is 9.04. The Morgan fingerprint density at radius 3 is 2.38 bits per heavy atom. The lowest BCUT2D eigenvalue weighted by Gasteiger charge is -2.33. The number of benzene rings is 1. The first-order valence-electron chi connectivity index (χ1n) is 9.25. The van der Waals surface area contributed by atoms with Gasteiger partial charge in [0.15, 0.2) is 0 Å². The molecule has 0 saturated carbocycles. The molecule has 0 unspecified atom stereocenters. The molecule has 0 aromatic heterocycles. The number of quaternary nitrogens is 1. The van der Waals surface area contributed by atoms with E-state index in [0.717, 1.165) is 11.3 Å². The first kappa shape index (κ1) is 17.2. The number of nitrogens with two attached hydrogens (primary N) is 1. The van der Waals surface area contributed by atoms with Crippen LogP contribution < -0.4 is 10.6 Å². The molecule has 4 rings (SSSR count). The van der Waals surface area contributed by atoms with Gasteiger partial charge in [-0.15, -0.1) is 0 Å². The lowest BCUT2D eigenvalue weighted by atomic mass is 9.76. The molecule has 6 heteroatoms. The van der Waals surface area contributed by atoms with E-state index in [1.807, 2.05) is 64.2 Å². The number of amides is 3. The molecule has 1 spiro atoms. The van der Waals surface area contributed by atoms with Crippen molar-refractivity contribution < 1.29 is 19.7 Å². The van der Waals surface area contributed by atoms with Gasteiger partial charge in [-0.1, -0.05) is 32.0 Å². The highest BCUT2D eigenvalue weighted by Crippen LogP contribution is 2.50. The maximum absolute atomic E-state index is 13.4. The lowest BCUT2D eigenvalue weighted by molar-refractivity contribution is -0.738. The summed E-state index contributed by atoms with van der Waals surface area (Å²) < 4.78 is 0. The van der Waals surface area contributed by atoms with Gasteiger partial charge in [0.05, 0.1) is 5.69 Å². The van der Waals surface area contributed by atoms with E-state index >= 15 is 0 Å². The number of fused-ring (bicyclic) bond motifs is 4. The van der Waals surface area contributed by atoms with Crippen molar-refractivity contribution in [3.05, 3.63) is 29.8 Å². The van der Waals surface area contributed by atoms with Crippen LogP contribution in [0.3, 0.4) is 0 Å². The van der Waals surface area contributed by atoms with Gasteiger partial charge < -0.3 is 10.6 Å². The van der Waals surface area contributed by atoms with Crippen molar-refractivity contribution in [2.75, 3.05) is 5.32 Å². The van der Waals surface area contributed by atoms with Crippen LogP contribution in [0, 0.1) is 17.8 Å². The Hall–Kier alpha value is -2.21. The Balaban J connectivity index is 1.93. The number of para-hydroxylation sites is 1. The fourth-order valence-electron chi connectivity index (χ4n) is 5.11. The first-order valence-corrected chi connectivity index (χ1v) is 9.25.